The van der Waals surface area contributed by atoms with E-state index in [2.05, 4.69) is 27.7 Å². The second kappa shape index (κ2) is 22.1. The van der Waals surface area contributed by atoms with Crippen LogP contribution < -0.4 is 4.52 Å². The second-order valence-corrected chi connectivity index (χ2v) is 18.3. The van der Waals surface area contributed by atoms with E-state index in [-0.39, 0.29) is 11.2 Å². The summed E-state index contributed by atoms with van der Waals surface area (Å²) in [4.78, 5) is 23.8. The van der Waals surface area contributed by atoms with E-state index in [0.717, 1.165) is 49.7 Å². The molecule has 264 valence electrons. The number of rotatable bonds is 28. The van der Waals surface area contributed by atoms with E-state index in [1.54, 1.807) is 12.1 Å². The molecule has 0 fully saturated rings. The zero-order chi connectivity index (χ0) is 33.6. The van der Waals surface area contributed by atoms with Crippen molar-refractivity contribution in [2.75, 3.05) is 12.3 Å². The van der Waals surface area contributed by atoms with Crippen LogP contribution in [0.5, 0.6) is 11.5 Å². The zero-order valence-electron chi connectivity index (χ0n) is 30.3. The van der Waals surface area contributed by atoms with Gasteiger partial charge in [0.1, 0.15) is 0 Å². The van der Waals surface area contributed by atoms with Crippen molar-refractivity contribution < 1.29 is 19.4 Å². The molecule has 0 radical (unpaired) electrons. The molecule has 0 amide bonds. The molecule has 0 heterocycles. The van der Waals surface area contributed by atoms with Crippen molar-refractivity contribution in [1.82, 2.24) is 0 Å². The van der Waals surface area contributed by atoms with Gasteiger partial charge in [0.2, 0.25) is 0 Å². The molecule has 2 aromatic carbocycles. The van der Waals surface area contributed by atoms with E-state index in [1.807, 2.05) is 36.4 Å². The van der Waals surface area contributed by atoms with E-state index in [9.17, 15) is 14.9 Å². The number of hydrogen-bond acceptors (Lipinski definition) is 4. The monoisotopic (exact) mass is 659 g/mol. The molecule has 46 heavy (non-hydrogen) atoms. The standard InChI is InChI=1S/C41H71O4P/c1-5-7-9-11-13-15-17-19-21-23-25-35-46(43,44,36-26-24-22-20-18-16-14-12-10-8-6-2)45-40-33-29-38(30-34-40)41(3,4)37-27-31-39(42)32-28-37/h27-34,42-44H,5-26,35-36H2,1-4H3. The summed E-state index contributed by atoms with van der Waals surface area (Å²) < 4.78 is 6.27. The summed E-state index contributed by atoms with van der Waals surface area (Å²) in [7, 11) is -4.33. The van der Waals surface area contributed by atoms with Crippen molar-refractivity contribution in [1.29, 1.82) is 0 Å². The molecule has 0 spiro atoms. The maximum absolute atomic E-state index is 11.9. The normalized spacial score (nSPS) is 13.0. The van der Waals surface area contributed by atoms with E-state index < -0.39 is 7.28 Å². The summed E-state index contributed by atoms with van der Waals surface area (Å²) in [6, 6.07) is 15.2. The van der Waals surface area contributed by atoms with Crippen molar-refractivity contribution in [3.63, 3.8) is 0 Å². The van der Waals surface area contributed by atoms with Crippen LogP contribution in [0.3, 0.4) is 0 Å². The Hall–Kier alpha value is -1.61. The Balaban J connectivity index is 1.90. The van der Waals surface area contributed by atoms with Crippen molar-refractivity contribution in [3.05, 3.63) is 59.7 Å². The molecule has 0 aliphatic rings. The average Bonchev–Trinajstić information content (AvgIpc) is 3.03. The number of phenolic OH excluding ortho intramolecular Hbond substituents is 1. The fourth-order valence-corrected chi connectivity index (χ4v) is 9.34. The van der Waals surface area contributed by atoms with Gasteiger partial charge in [-0.15, -0.1) is 0 Å². The molecule has 5 heteroatoms. The molecule has 0 aliphatic carbocycles. The van der Waals surface area contributed by atoms with E-state index in [1.165, 1.54) is 103 Å². The fraction of sp³-hybridized carbons (Fsp3) is 0.707. The van der Waals surface area contributed by atoms with Gasteiger partial charge in [0.15, 0.2) is 0 Å². The first-order valence-electron chi connectivity index (χ1n) is 19.2. The summed E-state index contributed by atoms with van der Waals surface area (Å²) in [5.74, 6) is 0.801. The van der Waals surface area contributed by atoms with Crippen LogP contribution in [0.15, 0.2) is 48.5 Å². The van der Waals surface area contributed by atoms with Crippen molar-refractivity contribution in [3.8, 4) is 11.5 Å². The molecule has 2 rings (SSSR count). The van der Waals surface area contributed by atoms with Crippen LogP contribution in [0, 0.1) is 0 Å². The Bertz CT molecular complexity index is 1000. The third-order valence-corrected chi connectivity index (χ3v) is 13.0. The fourth-order valence-electron chi connectivity index (χ4n) is 6.61. The van der Waals surface area contributed by atoms with Gasteiger partial charge >= 0.3 is 271 Å². The minimum atomic E-state index is -4.33. The molecule has 0 saturated heterocycles. The van der Waals surface area contributed by atoms with Gasteiger partial charge in [0, 0.05) is 0 Å². The third kappa shape index (κ3) is 16.5. The van der Waals surface area contributed by atoms with Crippen LogP contribution >= 0.6 is 7.28 Å². The number of unbranched alkanes of at least 4 members (excludes halogenated alkanes) is 20. The second-order valence-electron chi connectivity index (χ2n) is 14.6. The molecule has 4 nitrogen and oxygen atoms in total. The van der Waals surface area contributed by atoms with Crippen LogP contribution in [-0.2, 0) is 5.41 Å². The van der Waals surface area contributed by atoms with Crippen LogP contribution in [0.4, 0.5) is 0 Å². The van der Waals surface area contributed by atoms with Gasteiger partial charge in [-0.2, -0.15) is 0 Å². The molecule has 0 bridgehead atoms. The predicted octanol–water partition coefficient (Wildman–Crippen LogP) is 13.0. The SMILES string of the molecule is CCCCCCCCCCCCCP(O)(O)(CCCCCCCCCCCCC)Oc1ccc(C(C)(C)c2ccc(O)cc2)cc1. The number of hydrogen-bond donors (Lipinski definition) is 3. The average molecular weight is 659 g/mol. The number of phenols is 1. The molecule has 0 unspecified atom stereocenters. The van der Waals surface area contributed by atoms with Crippen LogP contribution in [0.1, 0.15) is 180 Å². The third-order valence-electron chi connectivity index (χ3n) is 9.90. The van der Waals surface area contributed by atoms with Gasteiger partial charge in [-0.3, -0.25) is 0 Å². The molecular weight excluding hydrogens is 587 g/mol. The molecular formula is C41H71O4P. The van der Waals surface area contributed by atoms with Gasteiger partial charge in [-0.25, -0.2) is 0 Å². The Morgan fingerprint density at radius 3 is 1.13 bits per heavy atom. The Morgan fingerprint density at radius 2 is 0.783 bits per heavy atom. The van der Waals surface area contributed by atoms with E-state index >= 15 is 0 Å². The molecule has 2 aromatic rings. The Labute approximate surface area is 283 Å². The quantitative estimate of drug-likeness (QED) is 0.0628. The first-order valence-corrected chi connectivity index (χ1v) is 21.6. The Morgan fingerprint density at radius 1 is 0.478 bits per heavy atom. The molecule has 0 aromatic heterocycles. The van der Waals surface area contributed by atoms with Gasteiger partial charge < -0.3 is 0 Å². The topological polar surface area (TPSA) is 69.9 Å². The zero-order valence-corrected chi connectivity index (χ0v) is 31.2. The first-order chi connectivity index (χ1) is 22.1. The minimum absolute atomic E-state index is 0.260. The summed E-state index contributed by atoms with van der Waals surface area (Å²) in [5.41, 5.74) is 1.95. The predicted molar refractivity (Wildman–Crippen MR) is 201 cm³/mol. The van der Waals surface area contributed by atoms with E-state index in [0.29, 0.717) is 18.1 Å². The number of aromatic hydroxyl groups is 1. The van der Waals surface area contributed by atoms with Crippen molar-refractivity contribution in [2.24, 2.45) is 0 Å². The van der Waals surface area contributed by atoms with Gasteiger partial charge in [0.25, 0.3) is 0 Å². The van der Waals surface area contributed by atoms with Crippen molar-refractivity contribution in [2.45, 2.75) is 174 Å². The van der Waals surface area contributed by atoms with Gasteiger partial charge in [-0.05, 0) is 0 Å². The summed E-state index contributed by atoms with van der Waals surface area (Å²) >= 11 is 0. The summed E-state index contributed by atoms with van der Waals surface area (Å²) in [6.07, 6.45) is 27.8. The summed E-state index contributed by atoms with van der Waals surface area (Å²) in [6.45, 7) is 8.85. The van der Waals surface area contributed by atoms with Crippen LogP contribution in [0.2, 0.25) is 0 Å². The first kappa shape index (κ1) is 40.6. The number of benzene rings is 2. The molecule has 0 saturated carbocycles. The van der Waals surface area contributed by atoms with Gasteiger partial charge in [-0.1, -0.05) is 13.8 Å². The maximum atomic E-state index is 11.9. The molecule has 0 aliphatic heterocycles. The summed E-state index contributed by atoms with van der Waals surface area (Å²) in [5, 5.41) is 9.72. The van der Waals surface area contributed by atoms with Crippen LogP contribution in [-0.4, -0.2) is 27.2 Å². The molecule has 0 atom stereocenters. The molecule has 3 N–H and O–H groups in total. The van der Waals surface area contributed by atoms with E-state index in [4.69, 9.17) is 4.52 Å². The Kier molecular flexibility index (Phi) is 19.5. The van der Waals surface area contributed by atoms with Gasteiger partial charge in [0.05, 0.1) is 0 Å². The van der Waals surface area contributed by atoms with Crippen LogP contribution in [0.25, 0.3) is 0 Å². The van der Waals surface area contributed by atoms with Crippen molar-refractivity contribution >= 4 is 7.28 Å².